The number of aromatic nitrogens is 2. The van der Waals surface area contributed by atoms with E-state index < -0.39 is 11.9 Å². The van der Waals surface area contributed by atoms with Crippen molar-refractivity contribution in [1.82, 2.24) is 14.9 Å². The second-order valence-electron chi connectivity index (χ2n) is 7.20. The lowest BCUT2D eigenvalue weighted by atomic mass is 10.0. The third-order valence-electron chi connectivity index (χ3n) is 5.22. The average Bonchev–Trinajstić information content (AvgIpc) is 3.05. The van der Waals surface area contributed by atoms with Crippen molar-refractivity contribution >= 4 is 28.4 Å². The molecule has 2 aromatic heterocycles. The highest BCUT2D eigenvalue weighted by atomic mass is 32.1. The lowest BCUT2D eigenvalue weighted by Crippen LogP contribution is -2.45. The Hall–Kier alpha value is -2.48. The molecule has 1 atom stereocenters. The maximum atomic E-state index is 12.4. The normalized spacial score (nSPS) is 20.8. The van der Waals surface area contributed by atoms with Crippen LogP contribution in [0, 0.1) is 0 Å². The van der Waals surface area contributed by atoms with Gasteiger partial charge in [0.2, 0.25) is 5.91 Å². The lowest BCUT2D eigenvalue weighted by Gasteiger charge is -2.21. The minimum Gasteiger partial charge on any atom is -0.368 e. The first-order valence-electron chi connectivity index (χ1n) is 8.76. The van der Waals surface area contributed by atoms with Gasteiger partial charge in [0.1, 0.15) is 6.04 Å². The Labute approximate surface area is 155 Å². The molecule has 0 spiro atoms. The van der Waals surface area contributed by atoms with Crippen LogP contribution in [0.2, 0.25) is 0 Å². The first-order valence-corrected chi connectivity index (χ1v) is 9.58. The molecule has 2 aromatic rings. The fourth-order valence-corrected chi connectivity index (χ4v) is 4.09. The zero-order valence-electron chi connectivity index (χ0n) is 14.6. The first kappa shape index (κ1) is 17.0. The Kier molecular flexibility index (Phi) is 4.14. The van der Waals surface area contributed by atoms with E-state index in [2.05, 4.69) is 28.3 Å². The molecule has 136 valence electrons. The number of nitrogens with zero attached hydrogens (tertiary/aromatic N) is 3. The fourth-order valence-electron chi connectivity index (χ4n) is 3.29. The Bertz CT molecular complexity index is 861. The quantitative estimate of drug-likeness (QED) is 0.863. The van der Waals surface area contributed by atoms with E-state index >= 15 is 0 Å². The number of nitrogens with two attached hydrogens (primary N) is 1. The Morgan fingerprint density at radius 1 is 1.38 bits per heavy atom. The molecule has 1 aliphatic carbocycles. The van der Waals surface area contributed by atoms with Crippen LogP contribution in [0.5, 0.6) is 0 Å². The highest BCUT2D eigenvalue weighted by molar-refractivity contribution is 7.19. The van der Waals surface area contributed by atoms with Crippen LogP contribution in [-0.4, -0.2) is 39.4 Å². The van der Waals surface area contributed by atoms with E-state index in [9.17, 15) is 9.59 Å². The van der Waals surface area contributed by atoms with E-state index in [1.54, 1.807) is 6.20 Å². The van der Waals surface area contributed by atoms with E-state index in [4.69, 9.17) is 5.73 Å². The predicted molar refractivity (Wildman–Crippen MR) is 99.9 cm³/mol. The molecule has 0 bridgehead atoms. The average molecular weight is 371 g/mol. The van der Waals surface area contributed by atoms with E-state index in [0.29, 0.717) is 18.1 Å². The molecule has 8 heteroatoms. The molecule has 0 aromatic carbocycles. The van der Waals surface area contributed by atoms with Gasteiger partial charge in [-0.2, -0.15) is 0 Å². The van der Waals surface area contributed by atoms with Crippen LogP contribution in [-0.2, 0) is 10.2 Å². The summed E-state index contributed by atoms with van der Waals surface area (Å²) >= 11 is 1.41. The highest BCUT2D eigenvalue weighted by Gasteiger charge is 2.40. The van der Waals surface area contributed by atoms with Crippen molar-refractivity contribution in [2.24, 2.45) is 5.73 Å². The van der Waals surface area contributed by atoms with Gasteiger partial charge < -0.3 is 10.6 Å². The maximum absolute atomic E-state index is 12.4. The maximum Gasteiger partial charge on any atom is 0.324 e. The second-order valence-corrected chi connectivity index (χ2v) is 8.23. The molecule has 3 N–H and O–H groups in total. The van der Waals surface area contributed by atoms with Gasteiger partial charge in [0.25, 0.3) is 0 Å². The second kappa shape index (κ2) is 6.35. The number of pyridine rings is 1. The summed E-state index contributed by atoms with van der Waals surface area (Å²) in [5.41, 5.74) is 7.74. The molecule has 26 heavy (non-hydrogen) atoms. The van der Waals surface area contributed by atoms with Crippen molar-refractivity contribution in [3.63, 3.8) is 0 Å². The molecule has 2 fully saturated rings. The van der Waals surface area contributed by atoms with Gasteiger partial charge >= 0.3 is 6.03 Å². The molecule has 7 nitrogen and oxygen atoms in total. The summed E-state index contributed by atoms with van der Waals surface area (Å²) in [5.74, 6) is -0.463. The summed E-state index contributed by atoms with van der Waals surface area (Å²) in [5, 5.41) is 3.30. The number of carbonyl (C=O) groups excluding carboxylic acids is 2. The summed E-state index contributed by atoms with van der Waals surface area (Å²) in [6.45, 7) is 2.76. The van der Waals surface area contributed by atoms with Crippen LogP contribution in [0.1, 0.15) is 38.3 Å². The number of urea groups is 1. The van der Waals surface area contributed by atoms with Crippen LogP contribution >= 0.6 is 11.3 Å². The monoisotopic (exact) mass is 371 g/mol. The van der Waals surface area contributed by atoms with Crippen molar-refractivity contribution < 1.29 is 9.59 Å². The van der Waals surface area contributed by atoms with Crippen molar-refractivity contribution in [2.75, 3.05) is 11.9 Å². The fraction of sp³-hybridized carbons (Fsp3) is 0.444. The largest absolute Gasteiger partial charge is 0.368 e. The number of anilines is 1. The number of thiazole rings is 1. The summed E-state index contributed by atoms with van der Waals surface area (Å²) in [4.78, 5) is 35.2. The standard InChI is InChI=1S/C18H21N5O2S/c1-18(5-6-18)14-9-11(4-7-20-14)13-10-21-16(26-13)22-17(25)23-8-2-3-12(23)15(19)24/h4,7,9-10,12H,2-3,5-6,8H2,1H3,(H2,19,24)(H,21,22,25)/t12-/m0/s1. The minimum atomic E-state index is -0.531. The Morgan fingerprint density at radius 2 is 2.19 bits per heavy atom. The van der Waals surface area contributed by atoms with Crippen LogP contribution < -0.4 is 11.1 Å². The Balaban J connectivity index is 1.48. The molecule has 4 rings (SSSR count). The number of carbonyl (C=O) groups is 2. The van der Waals surface area contributed by atoms with Crippen LogP contribution in [0.3, 0.4) is 0 Å². The van der Waals surface area contributed by atoms with Gasteiger partial charge in [-0.3, -0.25) is 15.1 Å². The van der Waals surface area contributed by atoms with Crippen LogP contribution in [0.4, 0.5) is 9.93 Å². The lowest BCUT2D eigenvalue weighted by molar-refractivity contribution is -0.121. The SMILES string of the molecule is CC1(c2cc(-c3cnc(NC(=O)N4CCC[C@H]4C(N)=O)s3)ccn2)CC1. The molecule has 0 unspecified atom stereocenters. The van der Waals surface area contributed by atoms with Gasteiger partial charge in [-0.25, -0.2) is 9.78 Å². The number of rotatable bonds is 4. The Morgan fingerprint density at radius 3 is 2.92 bits per heavy atom. The summed E-state index contributed by atoms with van der Waals surface area (Å²) in [6, 6.07) is 3.21. The number of nitrogens with one attached hydrogen (secondary N) is 1. The summed E-state index contributed by atoms with van der Waals surface area (Å²) in [7, 11) is 0. The van der Waals surface area contributed by atoms with Gasteiger partial charge in [-0.15, -0.1) is 0 Å². The summed E-state index contributed by atoms with van der Waals surface area (Å²) in [6.07, 6.45) is 7.32. The van der Waals surface area contributed by atoms with E-state index in [1.807, 2.05) is 12.3 Å². The van der Waals surface area contributed by atoms with Crippen molar-refractivity contribution in [3.8, 4) is 10.4 Å². The van der Waals surface area contributed by atoms with Gasteiger partial charge in [0.05, 0.1) is 4.88 Å². The molecule has 3 heterocycles. The van der Waals surface area contributed by atoms with E-state index in [0.717, 1.165) is 22.6 Å². The molecule has 0 radical (unpaired) electrons. The number of hydrogen-bond donors (Lipinski definition) is 2. The van der Waals surface area contributed by atoms with Crippen LogP contribution in [0.25, 0.3) is 10.4 Å². The van der Waals surface area contributed by atoms with Gasteiger partial charge in [0.15, 0.2) is 5.13 Å². The van der Waals surface area contributed by atoms with Gasteiger partial charge in [-0.1, -0.05) is 18.3 Å². The molecule has 1 aliphatic heterocycles. The topological polar surface area (TPSA) is 101 Å². The molecular weight excluding hydrogens is 350 g/mol. The first-order chi connectivity index (χ1) is 12.5. The zero-order chi connectivity index (χ0) is 18.3. The number of primary amides is 1. The highest BCUT2D eigenvalue weighted by Crippen LogP contribution is 2.47. The predicted octanol–water partition coefficient (Wildman–Crippen LogP) is 2.74. The van der Waals surface area contributed by atoms with E-state index in [-0.39, 0.29) is 11.4 Å². The molecule has 2 aliphatic rings. The third-order valence-corrected chi connectivity index (χ3v) is 6.19. The number of hydrogen-bond acceptors (Lipinski definition) is 5. The number of amides is 3. The molecule has 3 amide bonds. The van der Waals surface area contributed by atoms with Crippen molar-refractivity contribution in [1.29, 1.82) is 0 Å². The minimum absolute atomic E-state index is 0.206. The molecule has 1 saturated heterocycles. The van der Waals surface area contributed by atoms with Gasteiger partial charge in [-0.05, 0) is 43.4 Å². The van der Waals surface area contributed by atoms with Crippen molar-refractivity contribution in [2.45, 2.75) is 44.1 Å². The van der Waals surface area contributed by atoms with Crippen LogP contribution in [0.15, 0.2) is 24.5 Å². The number of likely N-dealkylation sites (tertiary alicyclic amines) is 1. The van der Waals surface area contributed by atoms with Crippen molar-refractivity contribution in [3.05, 3.63) is 30.2 Å². The van der Waals surface area contributed by atoms with Gasteiger partial charge in [0, 0.05) is 30.0 Å². The smallest absolute Gasteiger partial charge is 0.324 e. The third kappa shape index (κ3) is 3.16. The zero-order valence-corrected chi connectivity index (χ0v) is 15.4. The molecule has 1 saturated carbocycles. The molecular formula is C18H21N5O2S. The summed E-state index contributed by atoms with van der Waals surface area (Å²) < 4.78 is 0. The van der Waals surface area contributed by atoms with E-state index in [1.165, 1.54) is 29.1 Å².